The normalized spacial score (nSPS) is 24.1. The molecular formula is C20H32O4. The van der Waals surface area contributed by atoms with Gasteiger partial charge in [-0.3, -0.25) is 0 Å². The monoisotopic (exact) mass is 336 g/mol. The van der Waals surface area contributed by atoms with Gasteiger partial charge in [0.05, 0.1) is 0 Å². The van der Waals surface area contributed by atoms with Gasteiger partial charge in [-0.05, 0) is 64.2 Å². The molecule has 2 rings (SSSR count). The van der Waals surface area contributed by atoms with Gasteiger partial charge in [0, 0.05) is 11.6 Å². The van der Waals surface area contributed by atoms with E-state index in [1.165, 1.54) is 38.2 Å². The molecule has 0 amide bonds. The van der Waals surface area contributed by atoms with E-state index in [1.54, 1.807) is 6.92 Å². The van der Waals surface area contributed by atoms with Gasteiger partial charge in [0.15, 0.2) is 0 Å². The molecule has 2 aliphatic rings. The van der Waals surface area contributed by atoms with Crippen molar-refractivity contribution in [3.8, 4) is 0 Å². The number of rotatable bonds is 4. The summed E-state index contributed by atoms with van der Waals surface area (Å²) < 4.78 is 10.3. The van der Waals surface area contributed by atoms with E-state index in [9.17, 15) is 9.59 Å². The van der Waals surface area contributed by atoms with E-state index in [4.69, 9.17) is 9.47 Å². The van der Waals surface area contributed by atoms with E-state index in [1.807, 2.05) is 0 Å². The highest BCUT2D eigenvalue weighted by atomic mass is 16.5. The fraction of sp³-hybridized carbons (Fsp3) is 0.700. The van der Waals surface area contributed by atoms with Crippen LogP contribution in [0.15, 0.2) is 24.8 Å². The predicted molar refractivity (Wildman–Crippen MR) is 95.5 cm³/mol. The molecule has 2 saturated carbocycles. The molecule has 0 radical (unpaired) electrons. The summed E-state index contributed by atoms with van der Waals surface area (Å²) in [5.41, 5.74) is 0.501. The third-order valence-corrected chi connectivity index (χ3v) is 4.59. The van der Waals surface area contributed by atoms with Crippen molar-refractivity contribution in [1.82, 2.24) is 0 Å². The van der Waals surface area contributed by atoms with Crippen LogP contribution in [0.4, 0.5) is 0 Å². The minimum Gasteiger partial charge on any atom is -0.459 e. The zero-order chi connectivity index (χ0) is 17.9. The zero-order valence-electron chi connectivity index (χ0n) is 15.2. The van der Waals surface area contributed by atoms with Crippen LogP contribution < -0.4 is 0 Å². The molecule has 0 unspecified atom stereocenters. The maximum atomic E-state index is 11.1. The van der Waals surface area contributed by atoms with Gasteiger partial charge in [-0.1, -0.05) is 26.5 Å². The van der Waals surface area contributed by atoms with Crippen LogP contribution in [0, 0.1) is 5.92 Å². The highest BCUT2D eigenvalue weighted by Gasteiger charge is 2.20. The lowest BCUT2D eigenvalue weighted by atomic mass is 9.89. The fourth-order valence-corrected chi connectivity index (χ4v) is 2.99. The highest BCUT2D eigenvalue weighted by Crippen LogP contribution is 2.25. The summed E-state index contributed by atoms with van der Waals surface area (Å²) in [4.78, 5) is 21.9. The van der Waals surface area contributed by atoms with Gasteiger partial charge in [-0.25, -0.2) is 9.59 Å². The number of hydrogen-bond donors (Lipinski definition) is 0. The van der Waals surface area contributed by atoms with Crippen molar-refractivity contribution in [2.75, 3.05) is 0 Å². The number of carbonyl (C=O) groups excluding carboxylic acids is 2. The maximum absolute atomic E-state index is 11.1. The minimum atomic E-state index is -0.283. The Morgan fingerprint density at radius 1 is 0.917 bits per heavy atom. The average molecular weight is 336 g/mol. The smallest absolute Gasteiger partial charge is 0.333 e. The lowest BCUT2D eigenvalue weighted by Gasteiger charge is -2.25. The van der Waals surface area contributed by atoms with Crippen LogP contribution in [-0.2, 0) is 19.1 Å². The highest BCUT2D eigenvalue weighted by molar-refractivity contribution is 5.87. The minimum absolute atomic E-state index is 0.145. The maximum Gasteiger partial charge on any atom is 0.333 e. The molecule has 0 aromatic carbocycles. The Balaban J connectivity index is 0.000000240. The summed E-state index contributed by atoms with van der Waals surface area (Å²) in [5.74, 6) is 0.278. The summed E-state index contributed by atoms with van der Waals surface area (Å²) in [6.45, 7) is 10.8. The zero-order valence-corrected chi connectivity index (χ0v) is 15.2. The Morgan fingerprint density at radius 2 is 1.46 bits per heavy atom. The first kappa shape index (κ1) is 20.5. The molecule has 136 valence electrons. The van der Waals surface area contributed by atoms with Gasteiger partial charge in [-0.2, -0.15) is 0 Å². The summed E-state index contributed by atoms with van der Waals surface area (Å²) in [6.07, 6.45) is 11.6. The molecule has 0 spiro atoms. The van der Waals surface area contributed by atoms with Gasteiger partial charge in [0.1, 0.15) is 12.2 Å². The largest absolute Gasteiger partial charge is 0.459 e. The van der Waals surface area contributed by atoms with E-state index in [-0.39, 0.29) is 24.1 Å². The van der Waals surface area contributed by atoms with Crippen LogP contribution in [0.25, 0.3) is 0 Å². The molecular weight excluding hydrogens is 304 g/mol. The lowest BCUT2D eigenvalue weighted by molar-refractivity contribution is -0.146. The van der Waals surface area contributed by atoms with Crippen LogP contribution >= 0.6 is 0 Å². The Hall–Kier alpha value is -1.58. The molecule has 0 aromatic rings. The van der Waals surface area contributed by atoms with Crippen molar-refractivity contribution < 1.29 is 19.1 Å². The summed E-state index contributed by atoms with van der Waals surface area (Å²) in [5, 5.41) is 0. The Kier molecular flexibility index (Phi) is 9.43. The van der Waals surface area contributed by atoms with E-state index in [0.717, 1.165) is 31.6 Å². The molecule has 0 heterocycles. The van der Waals surface area contributed by atoms with Crippen LogP contribution in [-0.4, -0.2) is 24.1 Å². The lowest BCUT2D eigenvalue weighted by Crippen LogP contribution is -2.22. The molecule has 0 aromatic heterocycles. The quantitative estimate of drug-likeness (QED) is 0.550. The van der Waals surface area contributed by atoms with Crippen molar-refractivity contribution in [2.24, 2.45) is 5.92 Å². The fourth-order valence-electron chi connectivity index (χ4n) is 2.99. The van der Waals surface area contributed by atoms with Crippen LogP contribution in [0.5, 0.6) is 0 Å². The summed E-state index contributed by atoms with van der Waals surface area (Å²) in [6, 6.07) is 0. The molecule has 4 heteroatoms. The van der Waals surface area contributed by atoms with Crippen molar-refractivity contribution in [3.63, 3.8) is 0 Å². The third kappa shape index (κ3) is 8.32. The summed E-state index contributed by atoms with van der Waals surface area (Å²) >= 11 is 0. The Morgan fingerprint density at radius 3 is 1.96 bits per heavy atom. The molecule has 2 aliphatic carbocycles. The van der Waals surface area contributed by atoms with Gasteiger partial charge < -0.3 is 9.47 Å². The number of esters is 2. The standard InChI is InChI=1S/2C10H16O2/c1-8(2)10(11)12-9-6-4-3-5-7-9;1-3-10(11)12-9-6-4-8(2)5-7-9/h9H,1,3-7H2,2H3;3,8-9H,1,4-7H2,2H3. The molecule has 0 atom stereocenters. The Labute approximate surface area is 146 Å². The summed E-state index contributed by atoms with van der Waals surface area (Å²) in [7, 11) is 0. The van der Waals surface area contributed by atoms with E-state index < -0.39 is 0 Å². The van der Waals surface area contributed by atoms with Crippen molar-refractivity contribution in [2.45, 2.75) is 83.8 Å². The molecule has 24 heavy (non-hydrogen) atoms. The topological polar surface area (TPSA) is 52.6 Å². The predicted octanol–water partition coefficient (Wildman–Crippen LogP) is 4.73. The number of carbonyl (C=O) groups is 2. The van der Waals surface area contributed by atoms with Gasteiger partial charge in [-0.15, -0.1) is 0 Å². The van der Waals surface area contributed by atoms with Crippen LogP contribution in [0.3, 0.4) is 0 Å². The molecule has 0 saturated heterocycles. The van der Waals surface area contributed by atoms with Gasteiger partial charge in [0.2, 0.25) is 0 Å². The first-order chi connectivity index (χ1) is 11.4. The van der Waals surface area contributed by atoms with E-state index in [0.29, 0.717) is 5.57 Å². The second-order valence-corrected chi connectivity index (χ2v) is 6.97. The molecule has 0 bridgehead atoms. The van der Waals surface area contributed by atoms with Gasteiger partial charge >= 0.3 is 11.9 Å². The van der Waals surface area contributed by atoms with Crippen molar-refractivity contribution >= 4 is 11.9 Å². The molecule has 0 N–H and O–H groups in total. The Bertz CT molecular complexity index is 427. The SMILES string of the molecule is C=C(C)C(=O)OC1CCCCC1.C=CC(=O)OC1CCC(C)CC1. The van der Waals surface area contributed by atoms with Gasteiger partial charge in [0.25, 0.3) is 0 Å². The second-order valence-electron chi connectivity index (χ2n) is 6.97. The van der Waals surface area contributed by atoms with E-state index in [2.05, 4.69) is 20.1 Å². The first-order valence-corrected chi connectivity index (χ1v) is 9.12. The van der Waals surface area contributed by atoms with Crippen LogP contribution in [0.2, 0.25) is 0 Å². The molecule has 4 nitrogen and oxygen atoms in total. The van der Waals surface area contributed by atoms with E-state index >= 15 is 0 Å². The molecule has 0 aliphatic heterocycles. The van der Waals surface area contributed by atoms with Crippen LogP contribution in [0.1, 0.15) is 71.6 Å². The molecule has 2 fully saturated rings. The third-order valence-electron chi connectivity index (χ3n) is 4.59. The van der Waals surface area contributed by atoms with Crippen molar-refractivity contribution in [3.05, 3.63) is 24.8 Å². The van der Waals surface area contributed by atoms with Crippen molar-refractivity contribution in [1.29, 1.82) is 0 Å². The second kappa shape index (κ2) is 11.1. The number of ether oxygens (including phenoxy) is 2. The average Bonchev–Trinajstić information content (AvgIpc) is 2.58. The first-order valence-electron chi connectivity index (χ1n) is 9.12. The number of hydrogen-bond acceptors (Lipinski definition) is 4.